The summed E-state index contributed by atoms with van der Waals surface area (Å²) in [6, 6.07) is 18.4. The zero-order valence-electron chi connectivity index (χ0n) is 14.9. The highest BCUT2D eigenvalue weighted by Gasteiger charge is 2.10. The van der Waals surface area contributed by atoms with Crippen LogP contribution in [0.4, 0.5) is 0 Å². The van der Waals surface area contributed by atoms with Crippen LogP contribution in [0.5, 0.6) is 5.75 Å². The highest BCUT2D eigenvalue weighted by Crippen LogP contribution is 2.29. The van der Waals surface area contributed by atoms with Gasteiger partial charge in [0.05, 0.1) is 17.9 Å². The van der Waals surface area contributed by atoms with Crippen LogP contribution in [-0.4, -0.2) is 11.6 Å². The molecule has 3 nitrogen and oxygen atoms in total. The molecule has 0 bridgehead atoms. The first-order valence-electron chi connectivity index (χ1n) is 8.64. The largest absolute Gasteiger partial charge is 0.493 e. The van der Waals surface area contributed by atoms with Crippen LogP contribution in [0.15, 0.2) is 53.9 Å². The summed E-state index contributed by atoms with van der Waals surface area (Å²) in [5.41, 5.74) is 4.69. The van der Waals surface area contributed by atoms with Crippen LogP contribution in [0.3, 0.4) is 0 Å². The minimum absolute atomic E-state index is 0.540. The zero-order chi connectivity index (χ0) is 18.4. The Hall–Kier alpha value is -2.90. The molecule has 0 aliphatic carbocycles. The first-order valence-corrected chi connectivity index (χ1v) is 9.52. The summed E-state index contributed by atoms with van der Waals surface area (Å²) < 4.78 is 5.64. The molecule has 0 saturated carbocycles. The third-order valence-corrected chi connectivity index (χ3v) is 4.91. The lowest BCUT2D eigenvalue weighted by Gasteiger charge is -2.06. The molecule has 0 atom stereocenters. The van der Waals surface area contributed by atoms with E-state index in [9.17, 15) is 5.26 Å². The van der Waals surface area contributed by atoms with Gasteiger partial charge in [0.2, 0.25) is 0 Å². The molecule has 130 valence electrons. The number of rotatable bonds is 6. The summed E-state index contributed by atoms with van der Waals surface area (Å²) in [5, 5.41) is 12.3. The van der Waals surface area contributed by atoms with Gasteiger partial charge in [0, 0.05) is 16.5 Å². The molecule has 0 N–H and O–H groups in total. The molecule has 0 saturated heterocycles. The fraction of sp³-hybridized carbons (Fsp3) is 0.182. The van der Waals surface area contributed by atoms with Crippen molar-refractivity contribution in [1.82, 2.24) is 4.98 Å². The number of hydrogen-bond acceptors (Lipinski definition) is 4. The predicted molar refractivity (Wildman–Crippen MR) is 108 cm³/mol. The fourth-order valence-electron chi connectivity index (χ4n) is 2.63. The van der Waals surface area contributed by atoms with E-state index in [4.69, 9.17) is 4.74 Å². The standard InChI is InChI=1S/C22H20N2OS/c1-3-16-9-11-17(12-10-16)20-15-26-22(24-20)19(14-23)13-18-7-5-6-8-21(18)25-4-2/h5-13,15H,3-4H2,1-2H3. The first kappa shape index (κ1) is 17.9. The van der Waals surface area contributed by atoms with Crippen LogP contribution in [0, 0.1) is 11.3 Å². The maximum Gasteiger partial charge on any atom is 0.134 e. The highest BCUT2D eigenvalue weighted by atomic mass is 32.1. The summed E-state index contributed by atoms with van der Waals surface area (Å²) in [5.74, 6) is 0.773. The number of ether oxygens (including phenoxy) is 1. The minimum atomic E-state index is 0.540. The molecule has 0 aliphatic heterocycles. The van der Waals surface area contributed by atoms with Gasteiger partial charge in [0.15, 0.2) is 0 Å². The van der Waals surface area contributed by atoms with E-state index >= 15 is 0 Å². The van der Waals surface area contributed by atoms with Crippen molar-refractivity contribution in [3.05, 3.63) is 70.0 Å². The van der Waals surface area contributed by atoms with Crippen molar-refractivity contribution in [2.24, 2.45) is 0 Å². The Morgan fingerprint density at radius 3 is 2.62 bits per heavy atom. The van der Waals surface area contributed by atoms with Gasteiger partial charge in [0.25, 0.3) is 0 Å². The van der Waals surface area contributed by atoms with E-state index < -0.39 is 0 Å². The Balaban J connectivity index is 1.92. The summed E-state index contributed by atoms with van der Waals surface area (Å²) in [4.78, 5) is 4.67. The Labute approximate surface area is 158 Å². The molecule has 26 heavy (non-hydrogen) atoms. The molecule has 0 unspecified atom stereocenters. The number of hydrogen-bond donors (Lipinski definition) is 0. The fourth-order valence-corrected chi connectivity index (χ4v) is 3.42. The van der Waals surface area contributed by atoms with Crippen LogP contribution >= 0.6 is 11.3 Å². The molecular weight excluding hydrogens is 340 g/mol. The van der Waals surface area contributed by atoms with Crippen LogP contribution in [-0.2, 0) is 6.42 Å². The number of aryl methyl sites for hydroxylation is 1. The van der Waals surface area contributed by atoms with E-state index in [2.05, 4.69) is 42.2 Å². The monoisotopic (exact) mass is 360 g/mol. The molecule has 2 aromatic carbocycles. The lowest BCUT2D eigenvalue weighted by molar-refractivity contribution is 0.339. The first-order chi connectivity index (χ1) is 12.7. The molecule has 1 heterocycles. The van der Waals surface area contributed by atoms with Gasteiger partial charge in [-0.15, -0.1) is 11.3 Å². The maximum absolute atomic E-state index is 9.62. The number of nitriles is 1. The number of thiazole rings is 1. The Morgan fingerprint density at radius 1 is 1.15 bits per heavy atom. The van der Waals surface area contributed by atoms with Crippen LogP contribution in [0.1, 0.15) is 30.0 Å². The molecule has 4 heteroatoms. The molecule has 3 aromatic rings. The van der Waals surface area contributed by atoms with Gasteiger partial charge >= 0.3 is 0 Å². The number of para-hydroxylation sites is 1. The zero-order valence-corrected chi connectivity index (χ0v) is 15.7. The van der Waals surface area contributed by atoms with Crippen molar-refractivity contribution >= 4 is 23.0 Å². The lowest BCUT2D eigenvalue weighted by Crippen LogP contribution is -1.93. The average molecular weight is 360 g/mol. The second-order valence-corrected chi connectivity index (χ2v) is 6.59. The predicted octanol–water partition coefficient (Wildman–Crippen LogP) is 5.84. The molecule has 0 radical (unpaired) electrons. The van der Waals surface area contributed by atoms with E-state index in [1.54, 1.807) is 0 Å². The van der Waals surface area contributed by atoms with Crippen LogP contribution in [0.25, 0.3) is 22.9 Å². The molecule has 0 aliphatic rings. The number of allylic oxidation sites excluding steroid dienone is 1. The lowest BCUT2D eigenvalue weighted by atomic mass is 10.1. The average Bonchev–Trinajstić information content (AvgIpc) is 3.17. The van der Waals surface area contributed by atoms with E-state index in [0.29, 0.717) is 17.2 Å². The molecule has 0 fully saturated rings. The normalized spacial score (nSPS) is 11.2. The van der Waals surface area contributed by atoms with E-state index in [1.165, 1.54) is 16.9 Å². The van der Waals surface area contributed by atoms with Gasteiger partial charge in [0.1, 0.15) is 16.8 Å². The molecule has 0 spiro atoms. The second-order valence-electron chi connectivity index (χ2n) is 5.73. The summed E-state index contributed by atoms with van der Waals surface area (Å²) in [6.45, 7) is 4.67. The second kappa shape index (κ2) is 8.46. The summed E-state index contributed by atoms with van der Waals surface area (Å²) in [6.07, 6.45) is 2.86. The van der Waals surface area contributed by atoms with Crippen molar-refractivity contribution in [3.8, 4) is 23.1 Å². The van der Waals surface area contributed by atoms with Gasteiger partial charge in [-0.3, -0.25) is 0 Å². The van der Waals surface area contributed by atoms with E-state index in [1.807, 2.05) is 42.6 Å². The van der Waals surface area contributed by atoms with Crippen LogP contribution < -0.4 is 4.74 Å². The van der Waals surface area contributed by atoms with Crippen LogP contribution in [0.2, 0.25) is 0 Å². The molecule has 1 aromatic heterocycles. The smallest absolute Gasteiger partial charge is 0.134 e. The van der Waals surface area contributed by atoms with Gasteiger partial charge in [-0.1, -0.05) is 49.4 Å². The van der Waals surface area contributed by atoms with Crippen molar-refractivity contribution in [2.75, 3.05) is 6.61 Å². The van der Waals surface area contributed by atoms with Crippen molar-refractivity contribution in [3.63, 3.8) is 0 Å². The SMILES string of the molecule is CCOc1ccccc1C=C(C#N)c1nc(-c2ccc(CC)cc2)cs1. The van der Waals surface area contributed by atoms with Gasteiger partial charge in [-0.2, -0.15) is 5.26 Å². The van der Waals surface area contributed by atoms with Gasteiger partial charge in [-0.05, 0) is 31.1 Å². The molecule has 3 rings (SSSR count). The van der Waals surface area contributed by atoms with Crippen molar-refractivity contribution < 1.29 is 4.74 Å². The van der Waals surface area contributed by atoms with Crippen molar-refractivity contribution in [2.45, 2.75) is 20.3 Å². The third-order valence-electron chi connectivity index (χ3n) is 4.03. The minimum Gasteiger partial charge on any atom is -0.493 e. The van der Waals surface area contributed by atoms with E-state index in [-0.39, 0.29) is 0 Å². The molecular formula is C22H20N2OS. The van der Waals surface area contributed by atoms with Gasteiger partial charge < -0.3 is 4.74 Å². The van der Waals surface area contributed by atoms with E-state index in [0.717, 1.165) is 29.0 Å². The number of aromatic nitrogens is 1. The summed E-state index contributed by atoms with van der Waals surface area (Å²) >= 11 is 1.48. The Kier molecular flexibility index (Phi) is 5.83. The topological polar surface area (TPSA) is 45.9 Å². The molecule has 0 amide bonds. The number of nitrogens with zero attached hydrogens (tertiary/aromatic N) is 2. The van der Waals surface area contributed by atoms with Crippen molar-refractivity contribution in [1.29, 1.82) is 5.26 Å². The quantitative estimate of drug-likeness (QED) is 0.519. The third kappa shape index (κ3) is 4.01. The summed E-state index contributed by atoms with van der Waals surface area (Å²) in [7, 11) is 0. The Morgan fingerprint density at radius 2 is 1.92 bits per heavy atom. The Bertz CT molecular complexity index is 949. The highest BCUT2D eigenvalue weighted by molar-refractivity contribution is 7.11. The number of benzene rings is 2. The van der Waals surface area contributed by atoms with Gasteiger partial charge in [-0.25, -0.2) is 4.98 Å². The maximum atomic E-state index is 9.62.